The van der Waals surface area contributed by atoms with Crippen molar-refractivity contribution in [1.82, 2.24) is 4.98 Å². The van der Waals surface area contributed by atoms with Gasteiger partial charge in [0.15, 0.2) is 17.5 Å². The van der Waals surface area contributed by atoms with Gasteiger partial charge in [-0.05, 0) is 37.1 Å². The highest BCUT2D eigenvalue weighted by Gasteiger charge is 2.19. The molecule has 130 valence electrons. The molecule has 25 heavy (non-hydrogen) atoms. The zero-order valence-corrected chi connectivity index (χ0v) is 16.4. The lowest BCUT2D eigenvalue weighted by molar-refractivity contribution is -0.118. The largest absolute Gasteiger partial charge is 0.481 e. The van der Waals surface area contributed by atoms with Gasteiger partial charge in [-0.15, -0.1) is 0 Å². The molecule has 3 aromatic rings. The Balaban J connectivity index is 1.72. The molecule has 0 saturated carbocycles. The standard InChI is InChI=1S/C17H13Cl3N2O2S/c1-8-13(18)9(2)15(20)16(14(8)19)24-7-12(23)22-17-21-10-5-3-4-6-11(10)25-17/h3-6H,7H2,1-2H3,(H,21,22,23). The van der Waals surface area contributed by atoms with Gasteiger partial charge in [-0.3, -0.25) is 10.1 Å². The Labute approximate surface area is 163 Å². The molecule has 1 N–H and O–H groups in total. The van der Waals surface area contributed by atoms with Crippen LogP contribution in [0.1, 0.15) is 11.1 Å². The van der Waals surface area contributed by atoms with Crippen LogP contribution < -0.4 is 10.1 Å². The normalized spacial score (nSPS) is 10.9. The summed E-state index contributed by atoms with van der Waals surface area (Å²) in [5.41, 5.74) is 2.15. The van der Waals surface area contributed by atoms with Crippen LogP contribution in [-0.4, -0.2) is 17.5 Å². The highest BCUT2D eigenvalue weighted by Crippen LogP contribution is 2.42. The van der Waals surface area contributed by atoms with Crippen LogP contribution in [0.5, 0.6) is 5.75 Å². The highest BCUT2D eigenvalue weighted by molar-refractivity contribution is 7.22. The van der Waals surface area contributed by atoms with Gasteiger partial charge in [0.25, 0.3) is 5.91 Å². The van der Waals surface area contributed by atoms with Gasteiger partial charge in [0.1, 0.15) is 0 Å². The molecule has 0 atom stereocenters. The molecule has 0 bridgehead atoms. The Hall–Kier alpha value is -1.53. The number of nitrogens with one attached hydrogen (secondary N) is 1. The summed E-state index contributed by atoms with van der Waals surface area (Å²) in [5, 5.41) is 4.31. The van der Waals surface area contributed by atoms with E-state index in [1.54, 1.807) is 13.8 Å². The van der Waals surface area contributed by atoms with E-state index in [9.17, 15) is 4.79 Å². The highest BCUT2D eigenvalue weighted by atomic mass is 35.5. The summed E-state index contributed by atoms with van der Waals surface area (Å²) in [7, 11) is 0. The zero-order chi connectivity index (χ0) is 18.1. The molecule has 0 aliphatic carbocycles. The molecule has 1 heterocycles. The van der Waals surface area contributed by atoms with E-state index in [1.165, 1.54) is 11.3 Å². The first-order valence-electron chi connectivity index (χ1n) is 7.30. The second-order valence-electron chi connectivity index (χ2n) is 5.34. The van der Waals surface area contributed by atoms with Crippen molar-refractivity contribution in [3.05, 3.63) is 50.5 Å². The molecular formula is C17H13Cl3N2O2S. The van der Waals surface area contributed by atoms with Crippen molar-refractivity contribution in [2.75, 3.05) is 11.9 Å². The number of amides is 1. The van der Waals surface area contributed by atoms with Crippen LogP contribution >= 0.6 is 46.1 Å². The van der Waals surface area contributed by atoms with Gasteiger partial charge < -0.3 is 4.74 Å². The number of halogens is 3. The average Bonchev–Trinajstić information content (AvgIpc) is 3.00. The molecule has 3 rings (SSSR count). The van der Waals surface area contributed by atoms with Crippen molar-refractivity contribution in [3.63, 3.8) is 0 Å². The molecule has 0 aliphatic heterocycles. The van der Waals surface area contributed by atoms with E-state index in [0.29, 0.717) is 31.3 Å². The van der Waals surface area contributed by atoms with Crippen molar-refractivity contribution >= 4 is 67.4 Å². The van der Waals surface area contributed by atoms with Gasteiger partial charge in [0.2, 0.25) is 0 Å². The second kappa shape index (κ2) is 7.38. The Morgan fingerprint density at radius 2 is 1.76 bits per heavy atom. The number of carbonyl (C=O) groups excluding carboxylic acids is 1. The summed E-state index contributed by atoms with van der Waals surface area (Å²) < 4.78 is 6.53. The summed E-state index contributed by atoms with van der Waals surface area (Å²) in [4.78, 5) is 16.5. The van der Waals surface area contributed by atoms with E-state index in [1.807, 2.05) is 24.3 Å². The minimum atomic E-state index is -0.351. The van der Waals surface area contributed by atoms with E-state index in [-0.39, 0.29) is 18.3 Å². The quantitative estimate of drug-likeness (QED) is 0.578. The Bertz CT molecular complexity index is 910. The van der Waals surface area contributed by atoms with Gasteiger partial charge in [-0.1, -0.05) is 58.3 Å². The minimum Gasteiger partial charge on any atom is -0.481 e. The maximum absolute atomic E-state index is 12.1. The number of benzene rings is 2. The minimum absolute atomic E-state index is 0.240. The van der Waals surface area contributed by atoms with Crippen molar-refractivity contribution in [2.24, 2.45) is 0 Å². The van der Waals surface area contributed by atoms with Gasteiger partial charge in [-0.2, -0.15) is 0 Å². The maximum atomic E-state index is 12.1. The molecule has 0 radical (unpaired) electrons. The molecular weight excluding hydrogens is 403 g/mol. The number of ether oxygens (including phenoxy) is 1. The topological polar surface area (TPSA) is 51.2 Å². The second-order valence-corrected chi connectivity index (χ2v) is 7.51. The fraction of sp³-hybridized carbons (Fsp3) is 0.176. The summed E-state index contributed by atoms with van der Waals surface area (Å²) in [6.45, 7) is 3.29. The average molecular weight is 416 g/mol. The molecule has 0 spiro atoms. The number of anilines is 1. The van der Waals surface area contributed by atoms with Gasteiger partial charge in [0, 0.05) is 5.02 Å². The Morgan fingerprint density at radius 1 is 1.12 bits per heavy atom. The summed E-state index contributed by atoms with van der Waals surface area (Å²) in [5.74, 6) is -0.0985. The third-order valence-corrected chi connectivity index (χ3v) is 6.03. The summed E-state index contributed by atoms with van der Waals surface area (Å²) in [6.07, 6.45) is 0. The van der Waals surface area contributed by atoms with Gasteiger partial charge in [0.05, 0.1) is 20.3 Å². The van der Waals surface area contributed by atoms with Crippen molar-refractivity contribution in [2.45, 2.75) is 13.8 Å². The smallest absolute Gasteiger partial charge is 0.264 e. The number of rotatable bonds is 4. The number of hydrogen-bond donors (Lipinski definition) is 1. The number of para-hydroxylation sites is 1. The lowest BCUT2D eigenvalue weighted by Crippen LogP contribution is -2.20. The predicted molar refractivity (Wildman–Crippen MR) is 105 cm³/mol. The van der Waals surface area contributed by atoms with Crippen LogP contribution in [0, 0.1) is 13.8 Å². The maximum Gasteiger partial charge on any atom is 0.264 e. The molecule has 8 heteroatoms. The number of aromatic nitrogens is 1. The summed E-state index contributed by atoms with van der Waals surface area (Å²) >= 11 is 20.0. The van der Waals surface area contributed by atoms with E-state index < -0.39 is 0 Å². The third-order valence-electron chi connectivity index (χ3n) is 3.60. The predicted octanol–water partition coefficient (Wildman–Crippen LogP) is 5.89. The number of carbonyl (C=O) groups is 1. The van der Waals surface area contributed by atoms with Crippen LogP contribution in [-0.2, 0) is 4.79 Å². The fourth-order valence-corrected chi connectivity index (χ4v) is 3.96. The summed E-state index contributed by atoms with van der Waals surface area (Å²) in [6, 6.07) is 7.64. The van der Waals surface area contributed by atoms with Gasteiger partial charge >= 0.3 is 0 Å². The van der Waals surface area contributed by atoms with Crippen LogP contribution in [0.2, 0.25) is 15.1 Å². The monoisotopic (exact) mass is 414 g/mol. The van der Waals surface area contributed by atoms with Gasteiger partial charge in [-0.25, -0.2) is 4.98 Å². The lowest BCUT2D eigenvalue weighted by Gasteiger charge is -2.15. The van der Waals surface area contributed by atoms with E-state index in [4.69, 9.17) is 39.5 Å². The molecule has 2 aromatic carbocycles. The molecule has 0 unspecified atom stereocenters. The Morgan fingerprint density at radius 3 is 2.40 bits per heavy atom. The van der Waals surface area contributed by atoms with Crippen LogP contribution in [0.3, 0.4) is 0 Å². The molecule has 1 aromatic heterocycles. The molecule has 1 amide bonds. The first-order chi connectivity index (χ1) is 11.9. The van der Waals surface area contributed by atoms with Crippen molar-refractivity contribution < 1.29 is 9.53 Å². The number of fused-ring (bicyclic) bond motifs is 1. The Kier molecular flexibility index (Phi) is 5.39. The van der Waals surface area contributed by atoms with Crippen LogP contribution in [0.4, 0.5) is 5.13 Å². The van der Waals surface area contributed by atoms with E-state index in [2.05, 4.69) is 10.3 Å². The van der Waals surface area contributed by atoms with Crippen molar-refractivity contribution in [1.29, 1.82) is 0 Å². The zero-order valence-electron chi connectivity index (χ0n) is 13.3. The molecule has 4 nitrogen and oxygen atoms in total. The molecule has 0 fully saturated rings. The molecule has 0 aliphatic rings. The van der Waals surface area contributed by atoms with Crippen LogP contribution in [0.15, 0.2) is 24.3 Å². The number of nitrogens with zero attached hydrogens (tertiary/aromatic N) is 1. The number of thiazole rings is 1. The fourth-order valence-electron chi connectivity index (χ4n) is 2.26. The number of hydrogen-bond acceptors (Lipinski definition) is 4. The lowest BCUT2D eigenvalue weighted by atomic mass is 10.1. The van der Waals surface area contributed by atoms with Crippen LogP contribution in [0.25, 0.3) is 10.2 Å². The van der Waals surface area contributed by atoms with Crippen molar-refractivity contribution in [3.8, 4) is 5.75 Å². The van der Waals surface area contributed by atoms with E-state index in [0.717, 1.165) is 10.2 Å². The SMILES string of the molecule is Cc1c(Cl)c(C)c(Cl)c(OCC(=O)Nc2nc3ccccc3s2)c1Cl. The molecule has 0 saturated heterocycles. The first-order valence-corrected chi connectivity index (χ1v) is 9.25. The first kappa shape index (κ1) is 18.3. The third kappa shape index (κ3) is 3.70. The van der Waals surface area contributed by atoms with E-state index >= 15 is 0 Å².